The second-order valence-electron chi connectivity index (χ2n) is 6.21. The van der Waals surface area contributed by atoms with Gasteiger partial charge < -0.3 is 14.2 Å². The van der Waals surface area contributed by atoms with E-state index in [0.717, 1.165) is 27.1 Å². The largest absolute Gasteiger partial charge is 0.378 e. The number of aromatic nitrogens is 1. The molecule has 0 spiro atoms. The van der Waals surface area contributed by atoms with Gasteiger partial charge in [-0.15, -0.1) is 0 Å². The lowest BCUT2D eigenvalue weighted by atomic mass is 10.1. The molecule has 3 rings (SSSR count). The van der Waals surface area contributed by atoms with E-state index >= 15 is 0 Å². The van der Waals surface area contributed by atoms with E-state index in [1.807, 2.05) is 44.2 Å². The van der Waals surface area contributed by atoms with Crippen LogP contribution in [0.3, 0.4) is 0 Å². The molecule has 0 unspecified atom stereocenters. The molecule has 6 heteroatoms. The number of carbonyl (C=O) groups is 1. The second kappa shape index (κ2) is 7.90. The summed E-state index contributed by atoms with van der Waals surface area (Å²) in [6.07, 6.45) is 1.69. The number of halogens is 1. The van der Waals surface area contributed by atoms with Crippen LogP contribution in [0.25, 0.3) is 11.8 Å². The van der Waals surface area contributed by atoms with Crippen molar-refractivity contribution in [2.45, 2.75) is 13.8 Å². The molecule has 0 atom stereocenters. The summed E-state index contributed by atoms with van der Waals surface area (Å²) in [5, 5.41) is 9.49. The molecule has 1 fully saturated rings. The first-order valence-electron chi connectivity index (χ1n) is 8.45. The molecule has 1 aliphatic rings. The lowest BCUT2D eigenvalue weighted by Gasteiger charge is -2.26. The van der Waals surface area contributed by atoms with Gasteiger partial charge in [-0.25, -0.2) is 0 Å². The highest BCUT2D eigenvalue weighted by Gasteiger charge is 2.21. The van der Waals surface area contributed by atoms with Gasteiger partial charge in [0.15, 0.2) is 0 Å². The minimum absolute atomic E-state index is 0.156. The first-order valence-corrected chi connectivity index (χ1v) is 9.24. The normalized spacial score (nSPS) is 15.0. The van der Waals surface area contributed by atoms with Gasteiger partial charge in [0.2, 0.25) is 0 Å². The fourth-order valence-corrected chi connectivity index (χ4v) is 3.42. The number of ether oxygens (including phenoxy) is 1. The van der Waals surface area contributed by atoms with Crippen molar-refractivity contribution in [3.05, 3.63) is 57.3 Å². The van der Waals surface area contributed by atoms with Gasteiger partial charge in [-0.05, 0) is 55.8 Å². The van der Waals surface area contributed by atoms with Crippen molar-refractivity contribution in [2.24, 2.45) is 0 Å². The number of morpholine rings is 1. The van der Waals surface area contributed by atoms with Crippen molar-refractivity contribution in [1.82, 2.24) is 9.47 Å². The van der Waals surface area contributed by atoms with Gasteiger partial charge in [0.25, 0.3) is 5.91 Å². The number of benzene rings is 1. The number of amides is 1. The monoisotopic (exact) mass is 413 g/mol. The molecule has 2 aromatic rings. The third-order valence-corrected chi connectivity index (χ3v) is 5.03. The zero-order chi connectivity index (χ0) is 18.7. The minimum Gasteiger partial charge on any atom is -0.378 e. The maximum Gasteiger partial charge on any atom is 0.264 e. The van der Waals surface area contributed by atoms with Gasteiger partial charge in [0, 0.05) is 34.6 Å². The van der Waals surface area contributed by atoms with Crippen molar-refractivity contribution < 1.29 is 9.53 Å². The molecule has 0 aliphatic carbocycles. The second-order valence-corrected chi connectivity index (χ2v) is 7.13. The Bertz CT molecular complexity index is 885. The summed E-state index contributed by atoms with van der Waals surface area (Å²) in [4.78, 5) is 14.3. The summed E-state index contributed by atoms with van der Waals surface area (Å²) in [5.74, 6) is -0.232. The molecule has 5 nitrogen and oxygen atoms in total. The lowest BCUT2D eigenvalue weighted by molar-refractivity contribution is -0.130. The average molecular weight is 414 g/mol. The summed E-state index contributed by atoms with van der Waals surface area (Å²) < 4.78 is 8.41. The van der Waals surface area contributed by atoms with E-state index in [-0.39, 0.29) is 11.5 Å². The standard InChI is InChI=1S/C20H20BrN3O2/c1-14-11-16(15(2)24(14)19-5-3-18(21)4-6-19)12-17(13-22)20(25)23-7-9-26-10-8-23/h3-6,11-12H,7-10H2,1-2H3/b17-12+. The Kier molecular flexibility index (Phi) is 5.60. The zero-order valence-electron chi connectivity index (χ0n) is 14.8. The third-order valence-electron chi connectivity index (χ3n) is 4.50. The molecule has 1 aromatic heterocycles. The van der Waals surface area contributed by atoms with Crippen LogP contribution in [-0.4, -0.2) is 41.7 Å². The fourth-order valence-electron chi connectivity index (χ4n) is 3.16. The molecule has 0 N–H and O–H groups in total. The van der Waals surface area contributed by atoms with E-state index in [1.165, 1.54) is 0 Å². The smallest absolute Gasteiger partial charge is 0.264 e. The molecule has 1 saturated heterocycles. The molecule has 0 bridgehead atoms. The number of carbonyl (C=O) groups excluding carboxylic acids is 1. The van der Waals surface area contributed by atoms with Gasteiger partial charge in [0.1, 0.15) is 11.6 Å². The van der Waals surface area contributed by atoms with Crippen LogP contribution in [0.5, 0.6) is 0 Å². The number of hydrogen-bond acceptors (Lipinski definition) is 3. The summed E-state index contributed by atoms with van der Waals surface area (Å²) >= 11 is 3.45. The van der Waals surface area contributed by atoms with E-state index in [0.29, 0.717) is 26.3 Å². The number of nitriles is 1. The molecule has 26 heavy (non-hydrogen) atoms. The topological polar surface area (TPSA) is 58.3 Å². The van der Waals surface area contributed by atoms with E-state index < -0.39 is 0 Å². The SMILES string of the molecule is Cc1cc(/C=C(\C#N)C(=O)N2CCOCC2)c(C)n1-c1ccc(Br)cc1. The maximum absolute atomic E-state index is 12.6. The molecule has 0 radical (unpaired) electrons. The van der Waals surface area contributed by atoms with Crippen LogP contribution in [0, 0.1) is 25.2 Å². The van der Waals surface area contributed by atoms with Crippen LogP contribution >= 0.6 is 15.9 Å². The molecular weight excluding hydrogens is 394 g/mol. The number of nitrogens with zero attached hydrogens (tertiary/aromatic N) is 3. The van der Waals surface area contributed by atoms with E-state index in [4.69, 9.17) is 4.74 Å². The number of hydrogen-bond donors (Lipinski definition) is 0. The van der Waals surface area contributed by atoms with E-state index in [2.05, 4.69) is 26.6 Å². The number of rotatable bonds is 3. The first-order chi connectivity index (χ1) is 12.5. The Morgan fingerprint density at radius 3 is 2.50 bits per heavy atom. The van der Waals surface area contributed by atoms with Crippen LogP contribution in [0.15, 0.2) is 40.4 Å². The molecule has 1 aliphatic heterocycles. The summed E-state index contributed by atoms with van der Waals surface area (Å²) in [6.45, 7) is 6.09. The van der Waals surface area contributed by atoms with Gasteiger partial charge in [0.05, 0.1) is 13.2 Å². The molecule has 0 saturated carbocycles. The van der Waals surface area contributed by atoms with Crippen LogP contribution in [0.2, 0.25) is 0 Å². The lowest BCUT2D eigenvalue weighted by Crippen LogP contribution is -2.41. The van der Waals surface area contributed by atoms with Crippen molar-refractivity contribution in [2.75, 3.05) is 26.3 Å². The first kappa shape index (κ1) is 18.4. The third kappa shape index (κ3) is 3.74. The number of aryl methyl sites for hydroxylation is 1. The molecule has 1 aromatic carbocycles. The highest BCUT2D eigenvalue weighted by molar-refractivity contribution is 9.10. The Balaban J connectivity index is 1.94. The summed E-state index contributed by atoms with van der Waals surface area (Å²) in [6, 6.07) is 12.1. The maximum atomic E-state index is 12.6. The molecule has 1 amide bonds. The van der Waals surface area contributed by atoms with E-state index in [1.54, 1.807) is 11.0 Å². The predicted octanol–water partition coefficient (Wildman–Crippen LogP) is 3.62. The Morgan fingerprint density at radius 1 is 1.23 bits per heavy atom. The van der Waals surface area contributed by atoms with Crippen molar-refractivity contribution >= 4 is 27.9 Å². The molecular formula is C20H20BrN3O2. The molecule has 2 heterocycles. The molecule has 134 valence electrons. The van der Waals surface area contributed by atoms with Gasteiger partial charge >= 0.3 is 0 Å². The Labute approximate surface area is 161 Å². The van der Waals surface area contributed by atoms with Gasteiger partial charge in [-0.1, -0.05) is 15.9 Å². The summed E-state index contributed by atoms with van der Waals surface area (Å²) in [5.41, 5.74) is 4.12. The van der Waals surface area contributed by atoms with Crippen molar-refractivity contribution in [3.8, 4) is 11.8 Å². The Hall–Kier alpha value is -2.36. The fraction of sp³-hybridized carbons (Fsp3) is 0.300. The van der Waals surface area contributed by atoms with Crippen LogP contribution in [-0.2, 0) is 9.53 Å². The van der Waals surface area contributed by atoms with Gasteiger partial charge in [-0.2, -0.15) is 5.26 Å². The van der Waals surface area contributed by atoms with Crippen molar-refractivity contribution in [3.63, 3.8) is 0 Å². The zero-order valence-corrected chi connectivity index (χ0v) is 16.4. The van der Waals surface area contributed by atoms with Gasteiger partial charge in [-0.3, -0.25) is 4.79 Å². The summed E-state index contributed by atoms with van der Waals surface area (Å²) in [7, 11) is 0. The highest BCUT2D eigenvalue weighted by atomic mass is 79.9. The van der Waals surface area contributed by atoms with Crippen LogP contribution in [0.4, 0.5) is 0 Å². The highest BCUT2D eigenvalue weighted by Crippen LogP contribution is 2.24. The van der Waals surface area contributed by atoms with Crippen molar-refractivity contribution in [1.29, 1.82) is 5.26 Å². The van der Waals surface area contributed by atoms with E-state index in [9.17, 15) is 10.1 Å². The van der Waals surface area contributed by atoms with Crippen LogP contribution in [0.1, 0.15) is 17.0 Å². The minimum atomic E-state index is -0.232. The predicted molar refractivity (Wildman–Crippen MR) is 104 cm³/mol. The van der Waals surface area contributed by atoms with Crippen LogP contribution < -0.4 is 0 Å². The quantitative estimate of drug-likeness (QED) is 0.570. The Morgan fingerprint density at radius 2 is 1.88 bits per heavy atom. The average Bonchev–Trinajstić information content (AvgIpc) is 2.94.